The van der Waals surface area contributed by atoms with Crippen molar-refractivity contribution in [1.29, 1.82) is 0 Å². The molecule has 0 fully saturated rings. The Bertz CT molecular complexity index is 370. The highest BCUT2D eigenvalue weighted by Gasteiger charge is 2.11. The third-order valence-corrected chi connectivity index (χ3v) is 2.41. The second-order valence-electron chi connectivity index (χ2n) is 4.20. The molecule has 0 spiro atoms. The summed E-state index contributed by atoms with van der Waals surface area (Å²) < 4.78 is 5.12. The number of Topliss-reactive ketones (excluding diaryl/α,β-unsaturated/α-hetero) is 1. The van der Waals surface area contributed by atoms with Gasteiger partial charge in [0, 0.05) is 0 Å². The van der Waals surface area contributed by atoms with E-state index in [1.807, 2.05) is 37.3 Å². The van der Waals surface area contributed by atoms with Crippen LogP contribution in [0.5, 0.6) is 0 Å². The van der Waals surface area contributed by atoms with E-state index in [2.05, 4.69) is 0 Å². The first-order valence-corrected chi connectivity index (χ1v) is 5.81. The first-order chi connectivity index (χ1) is 8.08. The van der Waals surface area contributed by atoms with Crippen LogP contribution in [0.2, 0.25) is 0 Å². The molecule has 0 amide bonds. The molecule has 1 atom stereocenters. The van der Waals surface area contributed by atoms with Gasteiger partial charge in [-0.2, -0.15) is 0 Å². The molecular formula is C14H18O3. The maximum absolute atomic E-state index is 11.2. The van der Waals surface area contributed by atoms with Crippen molar-refractivity contribution in [2.24, 2.45) is 0 Å². The summed E-state index contributed by atoms with van der Waals surface area (Å²) in [5.41, 5.74) is 1.22. The van der Waals surface area contributed by atoms with E-state index in [9.17, 15) is 9.59 Å². The molecule has 0 bridgehead atoms. The van der Waals surface area contributed by atoms with Crippen molar-refractivity contribution in [3.05, 3.63) is 35.9 Å². The first-order valence-electron chi connectivity index (χ1n) is 5.81. The zero-order valence-electron chi connectivity index (χ0n) is 10.3. The Labute approximate surface area is 102 Å². The number of hydrogen-bond donors (Lipinski definition) is 0. The average molecular weight is 234 g/mol. The Morgan fingerprint density at radius 1 is 1.24 bits per heavy atom. The molecule has 0 heterocycles. The SMILES string of the molecule is CC(=O)CC(=O)OC(C)CCc1ccccc1. The van der Waals surface area contributed by atoms with E-state index in [-0.39, 0.29) is 18.3 Å². The highest BCUT2D eigenvalue weighted by molar-refractivity contribution is 5.94. The van der Waals surface area contributed by atoms with Crippen LogP contribution < -0.4 is 0 Å². The molecule has 0 aliphatic rings. The summed E-state index contributed by atoms with van der Waals surface area (Å²) in [6, 6.07) is 10.0. The molecule has 0 saturated carbocycles. The molecule has 0 radical (unpaired) electrons. The van der Waals surface area contributed by atoms with Crippen molar-refractivity contribution in [3.63, 3.8) is 0 Å². The first kappa shape index (κ1) is 13.4. The molecule has 1 unspecified atom stereocenters. The fraction of sp³-hybridized carbons (Fsp3) is 0.429. The maximum atomic E-state index is 11.2. The van der Waals surface area contributed by atoms with E-state index in [0.29, 0.717) is 0 Å². The predicted octanol–water partition coefficient (Wildman–Crippen LogP) is 2.53. The van der Waals surface area contributed by atoms with Gasteiger partial charge in [0.05, 0.1) is 6.10 Å². The lowest BCUT2D eigenvalue weighted by Gasteiger charge is -2.12. The molecule has 92 valence electrons. The summed E-state index contributed by atoms with van der Waals surface area (Å²) in [6.07, 6.45) is 1.36. The summed E-state index contributed by atoms with van der Waals surface area (Å²) >= 11 is 0. The molecule has 1 aromatic rings. The zero-order chi connectivity index (χ0) is 12.7. The van der Waals surface area contributed by atoms with Crippen molar-refractivity contribution < 1.29 is 14.3 Å². The number of ether oxygens (including phenoxy) is 1. The van der Waals surface area contributed by atoms with Crippen molar-refractivity contribution in [2.75, 3.05) is 0 Å². The largest absolute Gasteiger partial charge is 0.462 e. The number of benzene rings is 1. The van der Waals surface area contributed by atoms with Crippen LogP contribution >= 0.6 is 0 Å². The van der Waals surface area contributed by atoms with Gasteiger partial charge in [-0.25, -0.2) is 0 Å². The fourth-order valence-corrected chi connectivity index (χ4v) is 1.54. The summed E-state index contributed by atoms with van der Waals surface area (Å²) in [4.78, 5) is 21.9. The minimum atomic E-state index is -0.432. The molecule has 1 aromatic carbocycles. The number of carbonyl (C=O) groups excluding carboxylic acids is 2. The normalized spacial score (nSPS) is 11.9. The Morgan fingerprint density at radius 3 is 2.47 bits per heavy atom. The van der Waals surface area contributed by atoms with Gasteiger partial charge in [0.15, 0.2) is 0 Å². The topological polar surface area (TPSA) is 43.4 Å². The van der Waals surface area contributed by atoms with Crippen LogP contribution in [-0.2, 0) is 20.7 Å². The van der Waals surface area contributed by atoms with E-state index >= 15 is 0 Å². The van der Waals surface area contributed by atoms with Gasteiger partial charge in [-0.15, -0.1) is 0 Å². The molecular weight excluding hydrogens is 216 g/mol. The Morgan fingerprint density at radius 2 is 1.88 bits per heavy atom. The van der Waals surface area contributed by atoms with E-state index in [4.69, 9.17) is 4.74 Å². The number of aryl methyl sites for hydroxylation is 1. The molecule has 0 saturated heterocycles. The van der Waals surface area contributed by atoms with Gasteiger partial charge >= 0.3 is 5.97 Å². The van der Waals surface area contributed by atoms with Crippen molar-refractivity contribution in [2.45, 2.75) is 39.2 Å². The van der Waals surface area contributed by atoms with Crippen LogP contribution in [0.4, 0.5) is 0 Å². The molecule has 0 aliphatic heterocycles. The van der Waals surface area contributed by atoms with Crippen LogP contribution in [0.25, 0.3) is 0 Å². The third kappa shape index (κ3) is 5.85. The molecule has 0 aliphatic carbocycles. The van der Waals surface area contributed by atoms with E-state index in [0.717, 1.165) is 12.8 Å². The zero-order valence-corrected chi connectivity index (χ0v) is 10.3. The summed E-state index contributed by atoms with van der Waals surface area (Å²) in [5.74, 6) is -0.594. The molecule has 0 aromatic heterocycles. The fourth-order valence-electron chi connectivity index (χ4n) is 1.54. The summed E-state index contributed by atoms with van der Waals surface area (Å²) in [5, 5.41) is 0. The van der Waals surface area contributed by atoms with Crippen LogP contribution in [0.3, 0.4) is 0 Å². The van der Waals surface area contributed by atoms with Gasteiger partial charge in [0.25, 0.3) is 0 Å². The third-order valence-electron chi connectivity index (χ3n) is 2.41. The molecule has 1 rings (SSSR count). The van der Waals surface area contributed by atoms with E-state index < -0.39 is 5.97 Å². The number of carbonyl (C=O) groups is 2. The number of esters is 1. The highest BCUT2D eigenvalue weighted by Crippen LogP contribution is 2.07. The van der Waals surface area contributed by atoms with Crippen molar-refractivity contribution in [3.8, 4) is 0 Å². The molecule has 17 heavy (non-hydrogen) atoms. The van der Waals surface area contributed by atoms with Gasteiger partial charge in [0.1, 0.15) is 12.2 Å². The van der Waals surface area contributed by atoms with E-state index in [1.165, 1.54) is 12.5 Å². The Kier molecular flexibility index (Phi) is 5.40. The van der Waals surface area contributed by atoms with Crippen LogP contribution in [0.1, 0.15) is 32.3 Å². The predicted molar refractivity (Wildman–Crippen MR) is 65.6 cm³/mol. The summed E-state index contributed by atoms with van der Waals surface area (Å²) in [6.45, 7) is 3.23. The van der Waals surface area contributed by atoms with Gasteiger partial charge < -0.3 is 4.74 Å². The molecule has 3 nitrogen and oxygen atoms in total. The molecule has 3 heteroatoms. The standard InChI is InChI=1S/C14H18O3/c1-11(15)10-14(16)17-12(2)8-9-13-6-4-3-5-7-13/h3-7,12H,8-10H2,1-2H3. The number of rotatable bonds is 6. The number of ketones is 1. The Hall–Kier alpha value is -1.64. The minimum absolute atomic E-state index is 0.129. The Balaban J connectivity index is 2.28. The van der Waals surface area contributed by atoms with Crippen LogP contribution in [-0.4, -0.2) is 17.9 Å². The summed E-state index contributed by atoms with van der Waals surface area (Å²) in [7, 11) is 0. The molecule has 0 N–H and O–H groups in total. The second-order valence-corrected chi connectivity index (χ2v) is 4.20. The lowest BCUT2D eigenvalue weighted by atomic mass is 10.1. The van der Waals surface area contributed by atoms with E-state index in [1.54, 1.807) is 0 Å². The monoisotopic (exact) mass is 234 g/mol. The number of hydrogen-bond acceptors (Lipinski definition) is 3. The smallest absolute Gasteiger partial charge is 0.313 e. The highest BCUT2D eigenvalue weighted by atomic mass is 16.5. The van der Waals surface area contributed by atoms with Gasteiger partial charge in [-0.3, -0.25) is 9.59 Å². The van der Waals surface area contributed by atoms with Gasteiger partial charge in [0.2, 0.25) is 0 Å². The minimum Gasteiger partial charge on any atom is -0.462 e. The lowest BCUT2D eigenvalue weighted by molar-refractivity contribution is -0.150. The quantitative estimate of drug-likeness (QED) is 0.561. The van der Waals surface area contributed by atoms with Crippen LogP contribution in [0, 0.1) is 0 Å². The average Bonchev–Trinajstić information content (AvgIpc) is 2.26. The van der Waals surface area contributed by atoms with Crippen molar-refractivity contribution >= 4 is 11.8 Å². The van der Waals surface area contributed by atoms with Crippen molar-refractivity contribution in [1.82, 2.24) is 0 Å². The second kappa shape index (κ2) is 6.84. The lowest BCUT2D eigenvalue weighted by Crippen LogP contribution is -2.17. The van der Waals surface area contributed by atoms with Gasteiger partial charge in [-0.05, 0) is 32.3 Å². The van der Waals surface area contributed by atoms with Crippen LogP contribution in [0.15, 0.2) is 30.3 Å². The maximum Gasteiger partial charge on any atom is 0.313 e. The van der Waals surface area contributed by atoms with Gasteiger partial charge in [-0.1, -0.05) is 30.3 Å².